The fourth-order valence-electron chi connectivity index (χ4n) is 3.94. The van der Waals surface area contributed by atoms with E-state index in [0.29, 0.717) is 12.8 Å². The molecule has 6 nitrogen and oxygen atoms in total. The van der Waals surface area contributed by atoms with Crippen LogP contribution in [0.3, 0.4) is 0 Å². The van der Waals surface area contributed by atoms with Crippen LogP contribution in [-0.4, -0.2) is 50.8 Å². The average molecular weight is 319 g/mol. The lowest BCUT2D eigenvalue weighted by atomic mass is 9.70. The van der Waals surface area contributed by atoms with Gasteiger partial charge in [0.2, 0.25) is 0 Å². The maximum Gasteiger partial charge on any atom is 0.265 e. The van der Waals surface area contributed by atoms with Crippen molar-refractivity contribution in [2.75, 3.05) is 32.1 Å². The molecule has 2 N–H and O–H groups in total. The van der Waals surface area contributed by atoms with Crippen LogP contribution in [-0.2, 0) is 19.6 Å². The third-order valence-electron chi connectivity index (χ3n) is 5.41. The molecule has 2 atom stereocenters. The Hall–Kier alpha value is -0.500. The summed E-state index contributed by atoms with van der Waals surface area (Å²) in [6, 6.07) is 0. The van der Waals surface area contributed by atoms with Gasteiger partial charge in [-0.25, -0.2) is 0 Å². The van der Waals surface area contributed by atoms with E-state index in [0.717, 1.165) is 32.7 Å². The summed E-state index contributed by atoms with van der Waals surface area (Å²) in [4.78, 5) is 11.9. The third kappa shape index (κ3) is 3.31. The van der Waals surface area contributed by atoms with Crippen LogP contribution in [0.4, 0.5) is 0 Å². The zero-order chi connectivity index (χ0) is 15.7. The molecule has 1 heterocycles. The number of nitrogens with one attached hydrogen (secondary N) is 1. The van der Waals surface area contributed by atoms with Crippen LogP contribution in [0.2, 0.25) is 0 Å². The largest absolute Gasteiger partial charge is 0.379 e. The van der Waals surface area contributed by atoms with Gasteiger partial charge in [0.25, 0.3) is 10.1 Å². The summed E-state index contributed by atoms with van der Waals surface area (Å²) in [5.74, 6) is -0.101. The predicted molar refractivity (Wildman–Crippen MR) is 78.7 cm³/mol. The smallest absolute Gasteiger partial charge is 0.265 e. The number of Topliss-reactive ketones (excluding diaryl/α,β-unsaturated/α-hetero) is 1. The number of ether oxygens (including phenoxy) is 1. The summed E-state index contributed by atoms with van der Waals surface area (Å²) >= 11 is 0. The van der Waals surface area contributed by atoms with Gasteiger partial charge >= 0.3 is 0 Å². The Morgan fingerprint density at radius 1 is 1.33 bits per heavy atom. The Bertz CT molecular complexity index is 486. The zero-order valence-corrected chi connectivity index (χ0v) is 13.5. The molecule has 3 rings (SSSR count). The van der Waals surface area contributed by atoms with Gasteiger partial charge < -0.3 is 10.1 Å². The number of rotatable bonds is 2. The summed E-state index contributed by atoms with van der Waals surface area (Å²) in [5.41, 5.74) is -1.12. The van der Waals surface area contributed by atoms with Crippen molar-refractivity contribution < 1.29 is 22.5 Å². The molecule has 1 aliphatic heterocycles. The first-order valence-electron chi connectivity index (χ1n) is 7.46. The monoisotopic (exact) mass is 319 g/mol. The van der Waals surface area contributed by atoms with Crippen LogP contribution in [0.25, 0.3) is 0 Å². The second-order valence-corrected chi connectivity index (χ2v) is 8.21. The predicted octanol–water partition coefficient (Wildman–Crippen LogP) is 0.876. The quantitative estimate of drug-likeness (QED) is 0.734. The lowest BCUT2D eigenvalue weighted by molar-refractivity contribution is -0.128. The van der Waals surface area contributed by atoms with Crippen molar-refractivity contribution in [2.24, 2.45) is 16.7 Å². The standard InChI is InChI=1S/C10H16O4S.C4H9NO/c1-9(2)7-3-4-10(9,8(11)5-7)6-15(12,13)14;1-3-6-4-2-5-1/h7H,3-6H2,1-2H3,(H,12,13,14);5H,1-4H2/t7?,10-;/m0./s1. The van der Waals surface area contributed by atoms with Gasteiger partial charge in [-0.15, -0.1) is 0 Å². The zero-order valence-electron chi connectivity index (χ0n) is 12.7. The molecule has 1 saturated heterocycles. The SMILES string of the molecule is C1COCCN1.CC1(C)C2CC[C@]1(CS(=O)(=O)O)C(=O)C2. The Kier molecular flexibility index (Phi) is 4.78. The van der Waals surface area contributed by atoms with E-state index >= 15 is 0 Å². The highest BCUT2D eigenvalue weighted by Crippen LogP contribution is 2.64. The van der Waals surface area contributed by atoms with Gasteiger partial charge in [0, 0.05) is 19.5 Å². The molecule has 2 saturated carbocycles. The molecule has 3 fully saturated rings. The Morgan fingerprint density at radius 2 is 1.95 bits per heavy atom. The van der Waals surface area contributed by atoms with E-state index in [4.69, 9.17) is 9.29 Å². The van der Waals surface area contributed by atoms with Crippen molar-refractivity contribution >= 4 is 15.9 Å². The first-order valence-corrected chi connectivity index (χ1v) is 9.07. The molecule has 0 spiro atoms. The highest BCUT2D eigenvalue weighted by Gasteiger charge is 2.65. The number of morpholine rings is 1. The second-order valence-electron chi connectivity index (χ2n) is 6.76. The number of ketones is 1. The number of hydrogen-bond acceptors (Lipinski definition) is 5. The first kappa shape index (κ1) is 16.9. The number of carbonyl (C=O) groups excluding carboxylic acids is 1. The van der Waals surface area contributed by atoms with Crippen LogP contribution in [0.5, 0.6) is 0 Å². The number of carbonyl (C=O) groups is 1. The maximum absolute atomic E-state index is 11.9. The summed E-state index contributed by atoms with van der Waals surface area (Å²) < 4.78 is 36.0. The average Bonchev–Trinajstić information content (AvgIpc) is 2.73. The minimum absolute atomic E-state index is 0.0152. The number of hydrogen-bond donors (Lipinski definition) is 2. The second kappa shape index (κ2) is 5.95. The van der Waals surface area contributed by atoms with Crippen molar-refractivity contribution in [3.8, 4) is 0 Å². The van der Waals surface area contributed by atoms with E-state index in [2.05, 4.69) is 5.32 Å². The summed E-state index contributed by atoms with van der Waals surface area (Å²) in [6.45, 7) is 7.72. The van der Waals surface area contributed by atoms with Gasteiger partial charge in [0.05, 0.1) is 24.4 Å². The van der Waals surface area contributed by atoms with E-state index in [1.807, 2.05) is 13.8 Å². The molecule has 0 amide bonds. The maximum atomic E-state index is 11.9. The summed E-state index contributed by atoms with van der Waals surface area (Å²) in [7, 11) is -4.08. The summed E-state index contributed by atoms with van der Waals surface area (Å²) in [6.07, 6.45) is 1.97. The topological polar surface area (TPSA) is 92.7 Å². The fraction of sp³-hybridized carbons (Fsp3) is 0.929. The molecule has 1 unspecified atom stereocenters. The molecule has 0 aromatic rings. The van der Waals surface area contributed by atoms with Gasteiger partial charge in [0.15, 0.2) is 0 Å². The van der Waals surface area contributed by atoms with Gasteiger partial charge in [0.1, 0.15) is 5.78 Å². The van der Waals surface area contributed by atoms with Crippen LogP contribution in [0.15, 0.2) is 0 Å². The normalized spacial score (nSPS) is 34.4. The molecule has 122 valence electrons. The molecule has 0 aromatic carbocycles. The van der Waals surface area contributed by atoms with Crippen LogP contribution < -0.4 is 5.32 Å². The molecule has 3 aliphatic rings. The Morgan fingerprint density at radius 3 is 2.24 bits per heavy atom. The Balaban J connectivity index is 0.000000225. The molecule has 2 bridgehead atoms. The van der Waals surface area contributed by atoms with Crippen LogP contribution in [0.1, 0.15) is 33.1 Å². The fourth-order valence-corrected chi connectivity index (χ4v) is 5.24. The molecule has 7 heteroatoms. The van der Waals surface area contributed by atoms with Crippen molar-refractivity contribution in [1.82, 2.24) is 5.32 Å². The Labute approximate surface area is 126 Å². The highest BCUT2D eigenvalue weighted by atomic mass is 32.2. The molecule has 2 aliphatic carbocycles. The third-order valence-corrected chi connectivity index (χ3v) is 6.27. The van der Waals surface area contributed by atoms with E-state index in [1.165, 1.54) is 0 Å². The molecule has 0 aromatic heterocycles. The van der Waals surface area contributed by atoms with Crippen molar-refractivity contribution in [3.63, 3.8) is 0 Å². The molecule has 21 heavy (non-hydrogen) atoms. The number of fused-ring (bicyclic) bond motifs is 2. The van der Waals surface area contributed by atoms with Crippen molar-refractivity contribution in [1.29, 1.82) is 0 Å². The summed E-state index contributed by atoms with van der Waals surface area (Å²) in [5, 5.41) is 3.16. The molecular weight excluding hydrogens is 294 g/mol. The van der Waals surface area contributed by atoms with Crippen LogP contribution in [0, 0.1) is 16.7 Å². The van der Waals surface area contributed by atoms with E-state index < -0.39 is 21.3 Å². The van der Waals surface area contributed by atoms with Gasteiger partial charge in [-0.3, -0.25) is 9.35 Å². The van der Waals surface area contributed by atoms with E-state index in [1.54, 1.807) is 0 Å². The van der Waals surface area contributed by atoms with Gasteiger partial charge in [-0.1, -0.05) is 13.8 Å². The van der Waals surface area contributed by atoms with Gasteiger partial charge in [-0.2, -0.15) is 8.42 Å². The lowest BCUT2D eigenvalue weighted by Crippen LogP contribution is -2.42. The van der Waals surface area contributed by atoms with E-state index in [9.17, 15) is 13.2 Å². The lowest BCUT2D eigenvalue weighted by Gasteiger charge is -2.35. The van der Waals surface area contributed by atoms with Gasteiger partial charge in [-0.05, 0) is 24.2 Å². The highest BCUT2D eigenvalue weighted by molar-refractivity contribution is 7.85. The van der Waals surface area contributed by atoms with Crippen LogP contribution >= 0.6 is 0 Å². The first-order chi connectivity index (χ1) is 9.69. The minimum Gasteiger partial charge on any atom is -0.379 e. The minimum atomic E-state index is -4.08. The molecule has 0 radical (unpaired) electrons. The van der Waals surface area contributed by atoms with Crippen molar-refractivity contribution in [3.05, 3.63) is 0 Å². The van der Waals surface area contributed by atoms with E-state index in [-0.39, 0.29) is 17.1 Å². The van der Waals surface area contributed by atoms with Crippen molar-refractivity contribution in [2.45, 2.75) is 33.1 Å². The molecular formula is C14H25NO5S.